The Kier molecular flexibility index (Phi) is 4.65. The number of thiol groups is 2. The first-order valence-electron chi connectivity index (χ1n) is 3.97. The lowest BCUT2D eigenvalue weighted by atomic mass is 9.87. The summed E-state index contributed by atoms with van der Waals surface area (Å²) in [5.41, 5.74) is 0. The summed E-state index contributed by atoms with van der Waals surface area (Å²) in [7, 11) is 0. The highest BCUT2D eigenvalue weighted by Crippen LogP contribution is 2.65. The second-order valence-corrected chi connectivity index (χ2v) is 4.75. The van der Waals surface area contributed by atoms with Crippen molar-refractivity contribution in [3.8, 4) is 0 Å². The number of alkyl halides is 12. The van der Waals surface area contributed by atoms with Crippen LogP contribution in [0, 0.1) is 0 Å². The van der Waals surface area contributed by atoms with Crippen molar-refractivity contribution in [3.05, 3.63) is 0 Å². The van der Waals surface area contributed by atoms with Crippen LogP contribution in [0.4, 0.5) is 52.7 Å². The molecule has 14 heteroatoms. The average Bonchev–Trinajstić information content (AvgIpc) is 2.07. The van der Waals surface area contributed by atoms with Crippen molar-refractivity contribution in [2.75, 3.05) is 0 Å². The molecule has 0 radical (unpaired) electrons. The van der Waals surface area contributed by atoms with Gasteiger partial charge < -0.3 is 0 Å². The minimum absolute atomic E-state index is 1.68. The Morgan fingerprint density at radius 1 is 0.350 bits per heavy atom. The highest BCUT2D eigenvalue weighted by atomic mass is 32.1. The third-order valence-corrected chi connectivity index (χ3v) is 4.03. The monoisotopic (exact) mass is 366 g/mol. The molecule has 0 aromatic heterocycles. The van der Waals surface area contributed by atoms with Gasteiger partial charge in [0, 0.05) is 0 Å². The Morgan fingerprint density at radius 3 is 0.500 bits per heavy atom. The van der Waals surface area contributed by atoms with Gasteiger partial charge in [-0.05, 0) is 0 Å². The van der Waals surface area contributed by atoms with Gasteiger partial charge in [0.25, 0.3) is 0 Å². The lowest BCUT2D eigenvalue weighted by Crippen LogP contribution is -2.75. The number of hydrogen-bond donors (Lipinski definition) is 2. The molecule has 0 bridgehead atoms. The fourth-order valence-corrected chi connectivity index (χ4v) is 1.65. The van der Waals surface area contributed by atoms with Gasteiger partial charge in [0.2, 0.25) is 9.49 Å². The fourth-order valence-electron chi connectivity index (χ4n) is 1.14. The summed E-state index contributed by atoms with van der Waals surface area (Å²) < 4.78 is 135. The second-order valence-electron chi connectivity index (χ2n) is 3.41. The Balaban J connectivity index is 6.71. The van der Waals surface area contributed by atoms with Crippen LogP contribution in [0.25, 0.3) is 0 Å². The van der Waals surface area contributed by atoms with E-state index in [1.54, 1.807) is 25.3 Å². The molecule has 0 saturated carbocycles. The van der Waals surface area contributed by atoms with Gasteiger partial charge in [-0.2, -0.15) is 77.9 Å². The zero-order valence-electron chi connectivity index (χ0n) is 8.43. The van der Waals surface area contributed by atoms with Gasteiger partial charge in [-0.15, -0.1) is 0 Å². The molecular weight excluding hydrogens is 364 g/mol. The van der Waals surface area contributed by atoms with Gasteiger partial charge in [-0.3, -0.25) is 0 Å². The molecule has 0 saturated heterocycles. The normalized spacial score (nSPS) is 16.5. The topological polar surface area (TPSA) is 0 Å². The highest BCUT2D eigenvalue weighted by molar-refractivity contribution is 7.86. The number of halogens is 12. The van der Waals surface area contributed by atoms with Crippen molar-refractivity contribution in [2.45, 2.75) is 34.2 Å². The Labute approximate surface area is 113 Å². The molecular formula is C6H2F12S2. The molecule has 0 atom stereocenters. The summed E-state index contributed by atoms with van der Waals surface area (Å²) in [6.45, 7) is 0. The van der Waals surface area contributed by atoms with E-state index in [2.05, 4.69) is 0 Å². The molecule has 0 unspecified atom stereocenters. The molecule has 0 fully saturated rings. The first kappa shape index (κ1) is 19.9. The molecule has 0 aliphatic rings. The molecule has 0 aliphatic heterocycles. The molecule has 122 valence electrons. The van der Waals surface area contributed by atoms with Crippen LogP contribution in [-0.2, 0) is 0 Å². The van der Waals surface area contributed by atoms with Gasteiger partial charge in [-0.1, -0.05) is 0 Å². The van der Waals surface area contributed by atoms with Crippen molar-refractivity contribution in [3.63, 3.8) is 0 Å². The molecule has 0 heterocycles. The molecule has 0 nitrogen and oxygen atoms in total. The maximum atomic E-state index is 12.3. The average molecular weight is 366 g/mol. The largest absolute Gasteiger partial charge is 0.413 e. The fraction of sp³-hybridized carbons (Fsp3) is 1.00. The van der Waals surface area contributed by atoms with Crippen LogP contribution in [0.15, 0.2) is 0 Å². The Morgan fingerprint density at radius 2 is 0.450 bits per heavy atom. The van der Waals surface area contributed by atoms with Crippen LogP contribution < -0.4 is 0 Å². The van der Waals surface area contributed by atoms with Crippen LogP contribution >= 0.6 is 25.3 Å². The third kappa shape index (κ3) is 2.52. The molecule has 0 N–H and O–H groups in total. The van der Waals surface area contributed by atoms with E-state index in [1.807, 2.05) is 0 Å². The van der Waals surface area contributed by atoms with Crippen molar-refractivity contribution in [2.24, 2.45) is 0 Å². The van der Waals surface area contributed by atoms with E-state index in [1.165, 1.54) is 0 Å². The number of hydrogen-bond acceptors (Lipinski definition) is 2. The lowest BCUT2D eigenvalue weighted by Gasteiger charge is -2.47. The van der Waals surface area contributed by atoms with Crippen molar-refractivity contribution in [1.82, 2.24) is 0 Å². The second kappa shape index (κ2) is 4.68. The standard InChI is InChI=1S/C6H2F12S2/c7-3(8,9)1(19,4(10,11)12)2(20,5(13,14)15)6(16,17)18/h19-20H. The van der Waals surface area contributed by atoms with E-state index in [9.17, 15) is 52.7 Å². The van der Waals surface area contributed by atoms with Crippen LogP contribution in [0.2, 0.25) is 0 Å². The Bertz CT molecular complexity index is 292. The van der Waals surface area contributed by atoms with Crippen LogP contribution in [0.1, 0.15) is 0 Å². The molecule has 0 rings (SSSR count). The van der Waals surface area contributed by atoms with Gasteiger partial charge in [-0.25, -0.2) is 0 Å². The van der Waals surface area contributed by atoms with Crippen molar-refractivity contribution >= 4 is 25.3 Å². The molecule has 0 amide bonds. The summed E-state index contributed by atoms with van der Waals surface area (Å²) in [6.07, 6.45) is -28.2. The van der Waals surface area contributed by atoms with Crippen LogP contribution in [-0.4, -0.2) is 34.2 Å². The molecule has 0 aromatic rings. The Hall–Kier alpha value is -0.140. The summed E-state index contributed by atoms with van der Waals surface area (Å²) in [6, 6.07) is 0. The SMILES string of the molecule is FC(F)(F)C(S)(C(F)(F)F)C(S)(C(F)(F)F)C(F)(F)F. The van der Waals surface area contributed by atoms with Crippen LogP contribution in [0.5, 0.6) is 0 Å². The van der Waals surface area contributed by atoms with Gasteiger partial charge >= 0.3 is 24.7 Å². The van der Waals surface area contributed by atoms with E-state index < -0.39 is 34.2 Å². The van der Waals surface area contributed by atoms with Gasteiger partial charge in [0.05, 0.1) is 0 Å². The molecule has 20 heavy (non-hydrogen) atoms. The van der Waals surface area contributed by atoms with E-state index in [-0.39, 0.29) is 0 Å². The summed E-state index contributed by atoms with van der Waals surface area (Å²) in [5.74, 6) is 0. The minimum atomic E-state index is -7.04. The molecule has 0 aromatic carbocycles. The van der Waals surface area contributed by atoms with Crippen molar-refractivity contribution in [1.29, 1.82) is 0 Å². The predicted molar refractivity (Wildman–Crippen MR) is 47.7 cm³/mol. The summed E-state index contributed by atoms with van der Waals surface area (Å²) in [4.78, 5) is 0. The summed E-state index contributed by atoms with van der Waals surface area (Å²) >= 11 is 3.36. The van der Waals surface area contributed by atoms with E-state index in [0.29, 0.717) is 0 Å². The third-order valence-electron chi connectivity index (χ3n) is 2.16. The maximum absolute atomic E-state index is 12.3. The van der Waals surface area contributed by atoms with Crippen molar-refractivity contribution < 1.29 is 52.7 Å². The quantitative estimate of drug-likeness (QED) is 0.493. The van der Waals surface area contributed by atoms with E-state index >= 15 is 0 Å². The smallest absolute Gasteiger partial charge is 0.169 e. The minimum Gasteiger partial charge on any atom is -0.169 e. The molecule has 0 spiro atoms. The van der Waals surface area contributed by atoms with Crippen LogP contribution in [0.3, 0.4) is 0 Å². The first-order chi connectivity index (χ1) is 8.25. The predicted octanol–water partition coefficient (Wildman–Crippen LogP) is 4.57. The first-order valence-corrected chi connectivity index (χ1v) is 4.86. The maximum Gasteiger partial charge on any atom is 0.413 e. The van der Waals surface area contributed by atoms with E-state index in [4.69, 9.17) is 0 Å². The lowest BCUT2D eigenvalue weighted by molar-refractivity contribution is -0.349. The zero-order valence-corrected chi connectivity index (χ0v) is 10.2. The van der Waals surface area contributed by atoms with Gasteiger partial charge in [0.1, 0.15) is 0 Å². The van der Waals surface area contributed by atoms with Gasteiger partial charge in [0.15, 0.2) is 0 Å². The number of rotatable bonds is 1. The summed E-state index contributed by atoms with van der Waals surface area (Å²) in [5, 5.41) is 0. The van der Waals surface area contributed by atoms with E-state index in [0.717, 1.165) is 0 Å². The highest BCUT2D eigenvalue weighted by Gasteiger charge is 2.91. The zero-order chi connectivity index (χ0) is 17.0. The molecule has 0 aliphatic carbocycles.